The normalized spacial score (nSPS) is 10.5. The minimum atomic E-state index is 0.531. The average molecular weight is 237 g/mol. The molecule has 0 radical (unpaired) electrons. The van der Waals surface area contributed by atoms with Crippen molar-refractivity contribution < 1.29 is 0 Å². The number of anilines is 2. The molecule has 16 heavy (non-hydrogen) atoms. The molecule has 1 aromatic heterocycles. The molecule has 0 bridgehead atoms. The summed E-state index contributed by atoms with van der Waals surface area (Å²) in [5, 5.41) is 6.30. The Labute approximate surface area is 99.2 Å². The Morgan fingerprint density at radius 1 is 1.31 bits per heavy atom. The Morgan fingerprint density at radius 3 is 2.44 bits per heavy atom. The summed E-state index contributed by atoms with van der Waals surface area (Å²) in [5.74, 6) is 6.03. The lowest BCUT2D eigenvalue weighted by molar-refractivity contribution is 0.757. The van der Waals surface area contributed by atoms with Gasteiger partial charge < -0.3 is 0 Å². The molecular weight excluding hydrogens is 224 g/mol. The second-order valence-electron chi connectivity index (χ2n) is 3.55. The first-order chi connectivity index (χ1) is 7.61. The summed E-state index contributed by atoms with van der Waals surface area (Å²) < 4.78 is 1.61. The fraction of sp³-hybridized carbons (Fsp3) is 0.182. The van der Waals surface area contributed by atoms with E-state index in [0.29, 0.717) is 5.15 Å². The summed E-state index contributed by atoms with van der Waals surface area (Å²) in [5.41, 5.74) is 2.41. The molecule has 84 valence electrons. The zero-order chi connectivity index (χ0) is 11.7. The van der Waals surface area contributed by atoms with Gasteiger partial charge in [0.15, 0.2) is 5.15 Å². The lowest BCUT2D eigenvalue weighted by atomic mass is 10.3. The lowest BCUT2D eigenvalue weighted by Crippen LogP contribution is -2.25. The van der Waals surface area contributed by atoms with Crippen molar-refractivity contribution in [1.29, 1.82) is 0 Å². The predicted octanol–water partition coefficient (Wildman–Crippen LogP) is 2.39. The maximum Gasteiger partial charge on any atom is 0.152 e. The first-order valence-corrected chi connectivity index (χ1v) is 5.28. The van der Waals surface area contributed by atoms with E-state index in [1.165, 1.54) is 0 Å². The molecule has 0 saturated heterocycles. The molecule has 2 rings (SSSR count). The number of nitrogens with two attached hydrogens (primary N) is 1. The molecular formula is C11H13ClN4. The van der Waals surface area contributed by atoms with E-state index in [1.807, 2.05) is 37.3 Å². The maximum atomic E-state index is 6.14. The van der Waals surface area contributed by atoms with E-state index in [-0.39, 0.29) is 0 Å². The quantitative estimate of drug-likeness (QED) is 0.643. The molecule has 0 spiro atoms. The number of hydrazine groups is 1. The number of hydrogen-bond donors (Lipinski definition) is 1. The average Bonchev–Trinajstić information content (AvgIpc) is 2.54. The number of nitrogens with zero attached hydrogens (tertiary/aromatic N) is 3. The van der Waals surface area contributed by atoms with Gasteiger partial charge in [-0.2, -0.15) is 5.10 Å². The Bertz CT molecular complexity index is 492. The molecule has 2 N–H and O–H groups in total. The van der Waals surface area contributed by atoms with Crippen LogP contribution in [-0.4, -0.2) is 9.78 Å². The number of hydrogen-bond acceptors (Lipinski definition) is 3. The van der Waals surface area contributed by atoms with Gasteiger partial charge in [0, 0.05) is 7.05 Å². The lowest BCUT2D eigenvalue weighted by Gasteiger charge is -2.18. The second kappa shape index (κ2) is 4.15. The van der Waals surface area contributed by atoms with Crippen LogP contribution in [0.5, 0.6) is 0 Å². The van der Waals surface area contributed by atoms with Crippen LogP contribution < -0.4 is 10.9 Å². The van der Waals surface area contributed by atoms with E-state index >= 15 is 0 Å². The van der Waals surface area contributed by atoms with Crippen LogP contribution in [0.4, 0.5) is 11.4 Å². The van der Waals surface area contributed by atoms with E-state index in [0.717, 1.165) is 17.1 Å². The fourth-order valence-electron chi connectivity index (χ4n) is 1.61. The molecule has 4 nitrogen and oxygen atoms in total. The van der Waals surface area contributed by atoms with Crippen LogP contribution in [0.3, 0.4) is 0 Å². The zero-order valence-corrected chi connectivity index (χ0v) is 9.94. The molecule has 2 aromatic rings. The van der Waals surface area contributed by atoms with Gasteiger partial charge in [-0.1, -0.05) is 29.8 Å². The first kappa shape index (κ1) is 11.0. The van der Waals surface area contributed by atoms with E-state index in [4.69, 9.17) is 17.4 Å². The summed E-state index contributed by atoms with van der Waals surface area (Å²) >= 11 is 6.14. The van der Waals surface area contributed by atoms with Crippen LogP contribution in [0.2, 0.25) is 5.15 Å². The Morgan fingerprint density at radius 2 is 1.94 bits per heavy atom. The number of aromatic nitrogens is 2. The van der Waals surface area contributed by atoms with Gasteiger partial charge in [0.05, 0.1) is 11.4 Å². The van der Waals surface area contributed by atoms with Crippen LogP contribution in [0, 0.1) is 6.92 Å². The highest BCUT2D eigenvalue weighted by atomic mass is 35.5. The third kappa shape index (κ3) is 1.77. The van der Waals surface area contributed by atoms with Gasteiger partial charge in [-0.25, -0.2) is 5.84 Å². The van der Waals surface area contributed by atoms with Crippen LogP contribution >= 0.6 is 11.6 Å². The third-order valence-electron chi connectivity index (χ3n) is 2.40. The summed E-state index contributed by atoms with van der Waals surface area (Å²) in [4.78, 5) is 0. The van der Waals surface area contributed by atoms with Crippen molar-refractivity contribution >= 4 is 23.0 Å². The van der Waals surface area contributed by atoms with Crippen molar-refractivity contribution in [3.05, 3.63) is 41.2 Å². The Balaban J connectivity index is 2.45. The van der Waals surface area contributed by atoms with Crippen LogP contribution in [0.25, 0.3) is 0 Å². The van der Waals surface area contributed by atoms with Gasteiger partial charge in [-0.05, 0) is 19.1 Å². The van der Waals surface area contributed by atoms with Gasteiger partial charge in [-0.15, -0.1) is 0 Å². The van der Waals surface area contributed by atoms with Gasteiger partial charge in [0.25, 0.3) is 0 Å². The molecule has 1 aromatic carbocycles. The van der Waals surface area contributed by atoms with Crippen LogP contribution in [0.15, 0.2) is 30.3 Å². The summed E-state index contributed by atoms with van der Waals surface area (Å²) in [7, 11) is 1.79. The van der Waals surface area contributed by atoms with Crippen LogP contribution in [0.1, 0.15) is 5.69 Å². The van der Waals surface area contributed by atoms with Crippen molar-refractivity contribution in [3.8, 4) is 0 Å². The number of halogens is 1. The second-order valence-corrected chi connectivity index (χ2v) is 3.91. The van der Waals surface area contributed by atoms with E-state index in [9.17, 15) is 0 Å². The third-order valence-corrected chi connectivity index (χ3v) is 2.82. The molecule has 0 saturated carbocycles. The first-order valence-electron chi connectivity index (χ1n) is 4.90. The fourth-order valence-corrected chi connectivity index (χ4v) is 1.88. The minimum Gasteiger partial charge on any atom is -0.275 e. The van der Waals surface area contributed by atoms with Gasteiger partial charge in [0.1, 0.15) is 5.69 Å². The maximum absolute atomic E-state index is 6.14. The number of aryl methyl sites for hydroxylation is 2. The topological polar surface area (TPSA) is 47.1 Å². The summed E-state index contributed by atoms with van der Waals surface area (Å²) in [6.07, 6.45) is 0. The summed E-state index contributed by atoms with van der Waals surface area (Å²) in [6.45, 7) is 1.88. The Kier molecular flexibility index (Phi) is 2.85. The van der Waals surface area contributed by atoms with E-state index in [1.54, 1.807) is 16.7 Å². The van der Waals surface area contributed by atoms with Gasteiger partial charge in [-0.3, -0.25) is 9.69 Å². The molecule has 5 heteroatoms. The minimum absolute atomic E-state index is 0.531. The smallest absolute Gasteiger partial charge is 0.152 e. The van der Waals surface area contributed by atoms with Crippen molar-refractivity contribution in [2.45, 2.75) is 6.92 Å². The molecule has 0 amide bonds. The Hall–Kier alpha value is -1.52. The van der Waals surface area contributed by atoms with E-state index in [2.05, 4.69) is 5.10 Å². The van der Waals surface area contributed by atoms with E-state index < -0.39 is 0 Å². The number of rotatable bonds is 2. The number of benzene rings is 1. The SMILES string of the molecule is Cc1nn(C)c(Cl)c1N(N)c1ccccc1. The van der Waals surface area contributed by atoms with Gasteiger partial charge in [0.2, 0.25) is 0 Å². The predicted molar refractivity (Wildman–Crippen MR) is 65.7 cm³/mol. The highest BCUT2D eigenvalue weighted by Gasteiger charge is 2.16. The highest BCUT2D eigenvalue weighted by Crippen LogP contribution is 2.31. The van der Waals surface area contributed by atoms with Crippen molar-refractivity contribution in [2.75, 3.05) is 5.01 Å². The monoisotopic (exact) mass is 236 g/mol. The molecule has 0 aliphatic carbocycles. The molecule has 0 fully saturated rings. The molecule has 0 aliphatic heterocycles. The largest absolute Gasteiger partial charge is 0.275 e. The molecule has 0 aliphatic rings. The molecule has 0 unspecified atom stereocenters. The van der Waals surface area contributed by atoms with Crippen molar-refractivity contribution in [2.24, 2.45) is 12.9 Å². The molecule has 1 heterocycles. The molecule has 0 atom stereocenters. The van der Waals surface area contributed by atoms with Crippen molar-refractivity contribution in [1.82, 2.24) is 9.78 Å². The summed E-state index contributed by atoms with van der Waals surface area (Å²) in [6, 6.07) is 9.63. The van der Waals surface area contributed by atoms with Crippen LogP contribution in [-0.2, 0) is 7.05 Å². The van der Waals surface area contributed by atoms with Crippen molar-refractivity contribution in [3.63, 3.8) is 0 Å². The number of para-hydroxylation sites is 1. The standard InChI is InChI=1S/C11H13ClN4/c1-8-10(11(12)15(2)14-8)16(13)9-6-4-3-5-7-9/h3-7H,13H2,1-2H3. The highest BCUT2D eigenvalue weighted by molar-refractivity contribution is 6.32. The van der Waals surface area contributed by atoms with Gasteiger partial charge >= 0.3 is 0 Å². The zero-order valence-electron chi connectivity index (χ0n) is 9.18.